The summed E-state index contributed by atoms with van der Waals surface area (Å²) in [6, 6.07) is 14.6. The van der Waals surface area contributed by atoms with Crippen molar-refractivity contribution in [2.45, 2.75) is 13.3 Å². The number of benzene rings is 2. The molecule has 0 atom stereocenters. The van der Waals surface area contributed by atoms with Crippen LogP contribution in [0, 0.1) is 6.92 Å². The molecule has 128 valence electrons. The van der Waals surface area contributed by atoms with Crippen molar-refractivity contribution in [2.75, 3.05) is 7.11 Å². The topological polar surface area (TPSA) is 31.2 Å². The summed E-state index contributed by atoms with van der Waals surface area (Å²) in [5.41, 5.74) is 3.21. The molecule has 2 aromatic carbocycles. The summed E-state index contributed by atoms with van der Waals surface area (Å²) >= 11 is 12.5. The van der Waals surface area contributed by atoms with Gasteiger partial charge in [0.15, 0.2) is 5.43 Å². The van der Waals surface area contributed by atoms with Crippen LogP contribution in [0.5, 0.6) is 5.75 Å². The molecule has 3 rings (SSSR count). The zero-order valence-electron chi connectivity index (χ0n) is 13.9. The minimum atomic E-state index is -0.0294. The molecule has 5 heteroatoms. The fourth-order valence-corrected chi connectivity index (χ4v) is 3.32. The molecule has 0 aliphatic heterocycles. The van der Waals surface area contributed by atoms with Gasteiger partial charge in [0.25, 0.3) is 0 Å². The second-order valence-electron chi connectivity index (χ2n) is 5.69. The van der Waals surface area contributed by atoms with Gasteiger partial charge >= 0.3 is 0 Å². The lowest BCUT2D eigenvalue weighted by Gasteiger charge is -2.16. The van der Waals surface area contributed by atoms with Crippen LogP contribution in [0.1, 0.15) is 16.8 Å². The van der Waals surface area contributed by atoms with Crippen LogP contribution in [0.2, 0.25) is 10.0 Å². The van der Waals surface area contributed by atoms with Gasteiger partial charge < -0.3 is 9.30 Å². The highest BCUT2D eigenvalue weighted by Crippen LogP contribution is 2.27. The minimum Gasteiger partial charge on any atom is -0.497 e. The van der Waals surface area contributed by atoms with Crippen molar-refractivity contribution in [3.8, 4) is 11.4 Å². The predicted octanol–water partition coefficient (Wildman–Crippen LogP) is 5.05. The zero-order chi connectivity index (χ0) is 18.0. The van der Waals surface area contributed by atoms with E-state index in [1.165, 1.54) is 0 Å². The minimum absolute atomic E-state index is 0.0294. The van der Waals surface area contributed by atoms with Crippen LogP contribution in [0.15, 0.2) is 59.5 Å². The number of aromatic nitrogens is 1. The van der Waals surface area contributed by atoms with Gasteiger partial charge in [-0.1, -0.05) is 29.3 Å². The summed E-state index contributed by atoms with van der Waals surface area (Å²) in [5, 5.41) is 1.12. The first-order valence-electron chi connectivity index (χ1n) is 7.79. The third kappa shape index (κ3) is 3.58. The van der Waals surface area contributed by atoms with Gasteiger partial charge in [0, 0.05) is 45.7 Å². The first kappa shape index (κ1) is 17.6. The molecule has 0 aliphatic rings. The molecule has 0 aliphatic carbocycles. The molecule has 0 saturated heterocycles. The molecular formula is C20H17Cl2NO2. The first-order valence-corrected chi connectivity index (χ1v) is 8.55. The number of methoxy groups -OCH3 is 1. The maximum atomic E-state index is 12.4. The van der Waals surface area contributed by atoms with Gasteiger partial charge in [0.2, 0.25) is 0 Å². The average molecular weight is 374 g/mol. The highest BCUT2D eigenvalue weighted by molar-refractivity contribution is 6.36. The second-order valence-corrected chi connectivity index (χ2v) is 6.50. The van der Waals surface area contributed by atoms with E-state index < -0.39 is 0 Å². The summed E-state index contributed by atoms with van der Waals surface area (Å²) in [6.07, 6.45) is 2.16. The molecule has 0 amide bonds. The molecule has 0 spiro atoms. The largest absolute Gasteiger partial charge is 0.497 e. The maximum absolute atomic E-state index is 12.4. The molecule has 3 aromatic rings. The van der Waals surface area contributed by atoms with Gasteiger partial charge in [0.1, 0.15) is 5.75 Å². The quantitative estimate of drug-likeness (QED) is 0.640. The van der Waals surface area contributed by atoms with Gasteiger partial charge in [-0.15, -0.1) is 0 Å². The number of hydrogen-bond donors (Lipinski definition) is 0. The highest BCUT2D eigenvalue weighted by Gasteiger charge is 2.13. The third-order valence-electron chi connectivity index (χ3n) is 4.24. The molecule has 0 bridgehead atoms. The normalized spacial score (nSPS) is 10.7. The summed E-state index contributed by atoms with van der Waals surface area (Å²) in [6.45, 7) is 1.92. The first-order chi connectivity index (χ1) is 12.0. The molecule has 25 heavy (non-hydrogen) atoms. The molecule has 0 saturated carbocycles. The van der Waals surface area contributed by atoms with Crippen molar-refractivity contribution >= 4 is 23.2 Å². The molecule has 0 unspecified atom stereocenters. The van der Waals surface area contributed by atoms with E-state index in [0.717, 1.165) is 22.7 Å². The Morgan fingerprint density at radius 1 is 0.960 bits per heavy atom. The van der Waals surface area contributed by atoms with Crippen molar-refractivity contribution in [3.05, 3.63) is 91.8 Å². The predicted molar refractivity (Wildman–Crippen MR) is 103 cm³/mol. The Kier molecular flexibility index (Phi) is 5.16. The van der Waals surface area contributed by atoms with Crippen molar-refractivity contribution in [1.29, 1.82) is 0 Å². The lowest BCUT2D eigenvalue weighted by molar-refractivity contribution is 0.414. The van der Waals surface area contributed by atoms with Crippen LogP contribution in [-0.4, -0.2) is 11.7 Å². The summed E-state index contributed by atoms with van der Waals surface area (Å²) in [7, 11) is 1.63. The summed E-state index contributed by atoms with van der Waals surface area (Å²) in [4.78, 5) is 12.4. The molecule has 0 fully saturated rings. The van der Waals surface area contributed by atoms with Gasteiger partial charge in [0.05, 0.1) is 7.11 Å². The zero-order valence-corrected chi connectivity index (χ0v) is 15.4. The Labute approximate surface area is 156 Å². The highest BCUT2D eigenvalue weighted by atomic mass is 35.5. The fourth-order valence-electron chi connectivity index (χ4n) is 2.79. The van der Waals surface area contributed by atoms with Crippen LogP contribution < -0.4 is 10.2 Å². The second kappa shape index (κ2) is 7.34. The van der Waals surface area contributed by atoms with E-state index in [4.69, 9.17) is 27.9 Å². The van der Waals surface area contributed by atoms with Gasteiger partial charge in [-0.3, -0.25) is 4.79 Å². The van der Waals surface area contributed by atoms with Crippen LogP contribution in [0.3, 0.4) is 0 Å². The van der Waals surface area contributed by atoms with Crippen molar-refractivity contribution in [1.82, 2.24) is 4.57 Å². The Hall–Kier alpha value is -2.23. The van der Waals surface area contributed by atoms with Crippen LogP contribution in [0.25, 0.3) is 5.69 Å². The Morgan fingerprint density at radius 3 is 2.20 bits per heavy atom. The molecule has 1 aromatic heterocycles. The molecule has 0 N–H and O–H groups in total. The van der Waals surface area contributed by atoms with Gasteiger partial charge in [-0.05, 0) is 48.9 Å². The average Bonchev–Trinajstić information content (AvgIpc) is 2.61. The van der Waals surface area contributed by atoms with Crippen LogP contribution in [0.4, 0.5) is 0 Å². The van der Waals surface area contributed by atoms with E-state index >= 15 is 0 Å². The number of pyridine rings is 1. The van der Waals surface area contributed by atoms with Crippen LogP contribution in [-0.2, 0) is 6.42 Å². The lowest BCUT2D eigenvalue weighted by atomic mass is 10.0. The number of rotatable bonds is 4. The summed E-state index contributed by atoms with van der Waals surface area (Å²) < 4.78 is 7.17. The number of nitrogens with zero attached hydrogens (tertiary/aromatic N) is 1. The van der Waals surface area contributed by atoms with Crippen molar-refractivity contribution in [3.63, 3.8) is 0 Å². The SMILES string of the molecule is COc1ccc(-n2ccc(=O)c(Cc3c(Cl)cccc3Cl)c2C)cc1. The number of halogens is 2. The van der Waals surface area contributed by atoms with Crippen LogP contribution >= 0.6 is 23.2 Å². The Bertz CT molecular complexity index is 942. The van der Waals surface area contributed by atoms with Gasteiger partial charge in [-0.25, -0.2) is 0 Å². The molecular weight excluding hydrogens is 357 g/mol. The van der Waals surface area contributed by atoms with Crippen molar-refractivity contribution < 1.29 is 4.74 Å². The van der Waals surface area contributed by atoms with E-state index in [9.17, 15) is 4.79 Å². The van der Waals surface area contributed by atoms with Crippen molar-refractivity contribution in [2.24, 2.45) is 0 Å². The monoisotopic (exact) mass is 373 g/mol. The molecule has 3 nitrogen and oxygen atoms in total. The molecule has 0 radical (unpaired) electrons. The van der Waals surface area contributed by atoms with E-state index in [2.05, 4.69) is 0 Å². The van der Waals surface area contributed by atoms with Gasteiger partial charge in [-0.2, -0.15) is 0 Å². The molecule has 1 heterocycles. The summed E-state index contributed by atoms with van der Waals surface area (Å²) in [5.74, 6) is 0.783. The fraction of sp³-hybridized carbons (Fsp3) is 0.150. The number of ether oxygens (including phenoxy) is 1. The smallest absolute Gasteiger partial charge is 0.185 e. The van der Waals surface area contributed by atoms with E-state index in [1.807, 2.05) is 35.8 Å². The third-order valence-corrected chi connectivity index (χ3v) is 4.94. The van der Waals surface area contributed by atoms with E-state index in [0.29, 0.717) is 22.0 Å². The maximum Gasteiger partial charge on any atom is 0.185 e. The van der Waals surface area contributed by atoms with E-state index in [1.54, 1.807) is 37.6 Å². The van der Waals surface area contributed by atoms with E-state index in [-0.39, 0.29) is 5.43 Å². The standard InChI is InChI=1S/C20H17Cl2NO2/c1-13-16(12-17-18(21)4-3-5-19(17)22)20(24)10-11-23(13)14-6-8-15(25-2)9-7-14/h3-11H,12H2,1-2H3. The Balaban J connectivity index is 2.07. The number of hydrogen-bond acceptors (Lipinski definition) is 2. The Morgan fingerprint density at radius 2 is 1.60 bits per heavy atom. The lowest BCUT2D eigenvalue weighted by Crippen LogP contribution is -2.16.